The molecule has 1 rings (SSSR count). The van der Waals surface area contributed by atoms with Crippen LogP contribution in [0, 0.1) is 11.3 Å². The second-order valence-electron chi connectivity index (χ2n) is 3.92. The van der Waals surface area contributed by atoms with Gasteiger partial charge in [0, 0.05) is 12.2 Å². The molecular formula is C12H11F3N2O3. The van der Waals surface area contributed by atoms with Crippen LogP contribution in [0.15, 0.2) is 18.2 Å². The first-order valence-corrected chi connectivity index (χ1v) is 5.48. The fourth-order valence-corrected chi connectivity index (χ4v) is 1.40. The molecular weight excluding hydrogens is 277 g/mol. The van der Waals surface area contributed by atoms with E-state index in [1.807, 2.05) is 0 Å². The maximum absolute atomic E-state index is 12.5. The number of carbonyl (C=O) groups excluding carboxylic acids is 1. The molecule has 0 aliphatic rings. The van der Waals surface area contributed by atoms with Gasteiger partial charge in [-0.15, -0.1) is 0 Å². The van der Waals surface area contributed by atoms with Crippen LogP contribution in [0.1, 0.15) is 15.9 Å². The smallest absolute Gasteiger partial charge is 0.394 e. The molecule has 0 saturated carbocycles. The van der Waals surface area contributed by atoms with Crippen molar-refractivity contribution in [2.75, 3.05) is 18.5 Å². The summed E-state index contributed by atoms with van der Waals surface area (Å²) in [4.78, 5) is 11.3. The monoisotopic (exact) mass is 288 g/mol. The molecule has 1 atom stereocenters. The molecule has 0 radical (unpaired) electrons. The van der Waals surface area contributed by atoms with Crippen LogP contribution in [-0.2, 0) is 0 Å². The van der Waals surface area contributed by atoms with Gasteiger partial charge in [-0.05, 0) is 18.2 Å². The zero-order valence-electron chi connectivity index (χ0n) is 10.1. The fourth-order valence-electron chi connectivity index (χ4n) is 1.40. The lowest BCUT2D eigenvalue weighted by Crippen LogP contribution is -2.27. The van der Waals surface area contributed by atoms with E-state index < -0.39 is 30.2 Å². The van der Waals surface area contributed by atoms with E-state index in [0.717, 1.165) is 12.1 Å². The zero-order valence-corrected chi connectivity index (χ0v) is 10.1. The van der Waals surface area contributed by atoms with E-state index in [0.29, 0.717) is 0 Å². The number of rotatable bonds is 5. The van der Waals surface area contributed by atoms with E-state index in [1.165, 1.54) is 6.07 Å². The molecule has 0 aliphatic heterocycles. The van der Waals surface area contributed by atoms with E-state index in [-0.39, 0.29) is 17.8 Å². The van der Waals surface area contributed by atoms with Crippen molar-refractivity contribution in [3.05, 3.63) is 29.3 Å². The summed E-state index contributed by atoms with van der Waals surface area (Å²) in [6.45, 7) is -0.813. The summed E-state index contributed by atoms with van der Waals surface area (Å²) < 4.78 is 37.4. The van der Waals surface area contributed by atoms with Gasteiger partial charge < -0.3 is 15.5 Å². The highest BCUT2D eigenvalue weighted by Crippen LogP contribution is 2.27. The number of aliphatic hydroxyl groups excluding tert-OH is 2. The molecule has 0 bridgehead atoms. The summed E-state index contributed by atoms with van der Waals surface area (Å²) >= 11 is 0. The molecule has 1 unspecified atom stereocenters. The molecule has 0 aromatic heterocycles. The van der Waals surface area contributed by atoms with Gasteiger partial charge in [-0.25, -0.2) is 0 Å². The van der Waals surface area contributed by atoms with Crippen molar-refractivity contribution < 1.29 is 28.2 Å². The normalized spacial score (nSPS) is 12.6. The van der Waals surface area contributed by atoms with E-state index in [4.69, 9.17) is 15.5 Å². The van der Waals surface area contributed by atoms with Crippen LogP contribution in [0.3, 0.4) is 0 Å². The summed E-state index contributed by atoms with van der Waals surface area (Å²) in [5, 5.41) is 28.8. The maximum atomic E-state index is 12.5. The Balaban J connectivity index is 3.11. The summed E-state index contributed by atoms with van der Waals surface area (Å²) in [7, 11) is 0. The van der Waals surface area contributed by atoms with E-state index in [9.17, 15) is 18.0 Å². The third-order valence-electron chi connectivity index (χ3n) is 2.39. The van der Waals surface area contributed by atoms with Gasteiger partial charge in [-0.3, -0.25) is 4.79 Å². The van der Waals surface area contributed by atoms with Crippen molar-refractivity contribution in [2.24, 2.45) is 0 Å². The Labute approximate surface area is 112 Å². The first kappa shape index (κ1) is 15.9. The minimum Gasteiger partial charge on any atom is -0.394 e. The Bertz CT molecular complexity index is 538. The van der Waals surface area contributed by atoms with Crippen molar-refractivity contribution in [1.82, 2.24) is 0 Å². The molecule has 1 aromatic carbocycles. The number of nitrogens with zero attached hydrogens (tertiary/aromatic N) is 1. The molecule has 3 N–H and O–H groups in total. The number of nitriles is 1. The highest BCUT2D eigenvalue weighted by molar-refractivity contribution is 6.05. The Hall–Kier alpha value is -2.11. The van der Waals surface area contributed by atoms with Crippen LogP contribution in [0.4, 0.5) is 18.9 Å². The van der Waals surface area contributed by atoms with E-state index >= 15 is 0 Å². The number of carbonyl (C=O) groups is 1. The number of alkyl halides is 3. The van der Waals surface area contributed by atoms with Gasteiger partial charge in [0.1, 0.15) is 0 Å². The number of hydrogen-bond acceptors (Lipinski definition) is 5. The Morgan fingerprint density at radius 2 is 2.10 bits per heavy atom. The SMILES string of the molecule is N#Cc1ccc(NCC(O)CO)c(C(=O)C(F)(F)F)c1. The number of benzene rings is 1. The van der Waals surface area contributed by atoms with Gasteiger partial charge in [-0.1, -0.05) is 0 Å². The Morgan fingerprint density at radius 3 is 2.60 bits per heavy atom. The Kier molecular flexibility index (Phi) is 5.07. The highest BCUT2D eigenvalue weighted by Gasteiger charge is 2.40. The molecule has 0 fully saturated rings. The number of aliphatic hydroxyl groups is 2. The lowest BCUT2D eigenvalue weighted by Gasteiger charge is -2.14. The number of ketones is 1. The number of Topliss-reactive ketones (excluding diaryl/α,β-unsaturated/α-hetero) is 1. The lowest BCUT2D eigenvalue weighted by atomic mass is 10.0. The zero-order chi connectivity index (χ0) is 15.3. The van der Waals surface area contributed by atoms with Gasteiger partial charge in [0.15, 0.2) is 0 Å². The first-order valence-electron chi connectivity index (χ1n) is 5.48. The molecule has 0 saturated heterocycles. The number of halogens is 3. The summed E-state index contributed by atoms with van der Waals surface area (Å²) in [5.74, 6) is -2.09. The number of hydrogen-bond donors (Lipinski definition) is 3. The third kappa shape index (κ3) is 3.94. The van der Waals surface area contributed by atoms with Gasteiger partial charge in [-0.2, -0.15) is 18.4 Å². The maximum Gasteiger partial charge on any atom is 0.454 e. The standard InChI is InChI=1S/C12H11F3N2O3/c13-12(14,15)11(20)9-3-7(4-16)1-2-10(9)17-5-8(19)6-18/h1-3,8,17-19H,5-6H2. The Morgan fingerprint density at radius 1 is 1.45 bits per heavy atom. The molecule has 0 amide bonds. The van der Waals surface area contributed by atoms with E-state index in [1.54, 1.807) is 6.07 Å². The fraction of sp³-hybridized carbons (Fsp3) is 0.333. The lowest BCUT2D eigenvalue weighted by molar-refractivity contribution is -0.0884. The predicted octanol–water partition coefficient (Wildman–Crippen LogP) is 1.07. The average Bonchev–Trinajstić information content (AvgIpc) is 2.42. The molecule has 0 heterocycles. The summed E-state index contributed by atoms with van der Waals surface area (Å²) in [5.41, 5.74) is -0.966. The van der Waals surface area contributed by atoms with Gasteiger partial charge in [0.2, 0.25) is 0 Å². The van der Waals surface area contributed by atoms with Crippen LogP contribution in [0.2, 0.25) is 0 Å². The van der Waals surface area contributed by atoms with Crippen LogP contribution < -0.4 is 5.32 Å². The molecule has 20 heavy (non-hydrogen) atoms. The minimum atomic E-state index is -5.07. The quantitative estimate of drug-likeness (QED) is 0.705. The molecule has 1 aromatic rings. The van der Waals surface area contributed by atoms with Crippen LogP contribution in [0.5, 0.6) is 0 Å². The molecule has 5 nitrogen and oxygen atoms in total. The number of anilines is 1. The molecule has 0 aliphatic carbocycles. The van der Waals surface area contributed by atoms with Crippen LogP contribution >= 0.6 is 0 Å². The highest BCUT2D eigenvalue weighted by atomic mass is 19.4. The molecule has 108 valence electrons. The van der Waals surface area contributed by atoms with Crippen LogP contribution in [-0.4, -0.2) is 41.4 Å². The van der Waals surface area contributed by atoms with Crippen molar-refractivity contribution in [2.45, 2.75) is 12.3 Å². The van der Waals surface area contributed by atoms with Crippen molar-refractivity contribution >= 4 is 11.5 Å². The van der Waals surface area contributed by atoms with E-state index in [2.05, 4.69) is 5.32 Å². The summed E-state index contributed by atoms with van der Waals surface area (Å²) in [6, 6.07) is 4.84. The van der Waals surface area contributed by atoms with Gasteiger partial charge >= 0.3 is 6.18 Å². The number of nitrogens with one attached hydrogen (secondary N) is 1. The van der Waals surface area contributed by atoms with Gasteiger partial charge in [0.25, 0.3) is 5.78 Å². The van der Waals surface area contributed by atoms with Crippen molar-refractivity contribution in [1.29, 1.82) is 5.26 Å². The van der Waals surface area contributed by atoms with Crippen LogP contribution in [0.25, 0.3) is 0 Å². The first-order chi connectivity index (χ1) is 9.29. The topological polar surface area (TPSA) is 93.3 Å². The second kappa shape index (κ2) is 6.36. The largest absolute Gasteiger partial charge is 0.454 e. The van der Waals surface area contributed by atoms with Crippen molar-refractivity contribution in [3.63, 3.8) is 0 Å². The molecule has 8 heteroatoms. The van der Waals surface area contributed by atoms with Gasteiger partial charge in [0.05, 0.1) is 29.9 Å². The predicted molar refractivity (Wildman–Crippen MR) is 63.1 cm³/mol. The third-order valence-corrected chi connectivity index (χ3v) is 2.39. The average molecular weight is 288 g/mol. The molecule has 0 spiro atoms. The minimum absolute atomic E-state index is 0.0918. The summed E-state index contributed by atoms with van der Waals surface area (Å²) in [6.07, 6.45) is -6.25. The second-order valence-corrected chi connectivity index (χ2v) is 3.92. The van der Waals surface area contributed by atoms with Crippen molar-refractivity contribution in [3.8, 4) is 6.07 Å².